The lowest BCUT2D eigenvalue weighted by Crippen LogP contribution is -2.44. The van der Waals surface area contributed by atoms with Crippen molar-refractivity contribution in [1.82, 2.24) is 5.32 Å². The van der Waals surface area contributed by atoms with Gasteiger partial charge in [-0.15, -0.1) is 0 Å². The summed E-state index contributed by atoms with van der Waals surface area (Å²) in [6.07, 6.45) is 0. The second-order valence-electron chi connectivity index (χ2n) is 4.38. The number of halogens is 1. The van der Waals surface area contributed by atoms with Gasteiger partial charge >= 0.3 is 5.97 Å². The second-order valence-corrected chi connectivity index (χ2v) is 4.38. The average molecular weight is 269 g/mol. The maximum Gasteiger partial charge on any atom is 0.326 e. The molecule has 104 valence electrons. The Morgan fingerprint density at radius 2 is 2.00 bits per heavy atom. The van der Waals surface area contributed by atoms with Crippen LogP contribution >= 0.6 is 0 Å². The molecule has 0 unspecified atom stereocenters. The van der Waals surface area contributed by atoms with Crippen LogP contribution in [0.5, 0.6) is 5.75 Å². The molecule has 2 N–H and O–H groups in total. The van der Waals surface area contributed by atoms with Crippen LogP contribution in [0.15, 0.2) is 18.2 Å². The zero-order valence-corrected chi connectivity index (χ0v) is 10.9. The van der Waals surface area contributed by atoms with Crippen LogP contribution in [0.25, 0.3) is 0 Å². The van der Waals surface area contributed by atoms with Crippen LogP contribution < -0.4 is 10.1 Å². The normalized spacial score (nSPS) is 12.1. The number of benzene rings is 1. The van der Waals surface area contributed by atoms with Gasteiger partial charge in [-0.25, -0.2) is 9.18 Å². The van der Waals surface area contributed by atoms with Gasteiger partial charge in [0.2, 0.25) is 0 Å². The van der Waals surface area contributed by atoms with Gasteiger partial charge in [0.25, 0.3) is 5.91 Å². The highest BCUT2D eigenvalue weighted by atomic mass is 19.1. The lowest BCUT2D eigenvalue weighted by Gasteiger charge is -2.18. The smallest absolute Gasteiger partial charge is 0.326 e. The summed E-state index contributed by atoms with van der Waals surface area (Å²) in [7, 11) is 1.38. The molecule has 1 rings (SSSR count). The van der Waals surface area contributed by atoms with Gasteiger partial charge in [-0.05, 0) is 18.1 Å². The van der Waals surface area contributed by atoms with Crippen LogP contribution in [-0.4, -0.2) is 30.1 Å². The standard InChI is InChI=1S/C13H16FNO4/c1-7(2)11(13(17)18)15-12(16)9-5-4-8(19-3)6-10(9)14/h4-7,11H,1-3H3,(H,15,16)(H,17,18)/t11-/m0/s1. The van der Waals surface area contributed by atoms with Crippen molar-refractivity contribution in [2.24, 2.45) is 5.92 Å². The number of amides is 1. The zero-order valence-electron chi connectivity index (χ0n) is 10.9. The van der Waals surface area contributed by atoms with Crippen LogP contribution in [0.1, 0.15) is 24.2 Å². The number of rotatable bonds is 5. The highest BCUT2D eigenvalue weighted by Crippen LogP contribution is 2.16. The minimum Gasteiger partial charge on any atom is -0.497 e. The molecule has 0 spiro atoms. The molecule has 1 atom stereocenters. The number of carbonyl (C=O) groups is 2. The molecule has 0 fully saturated rings. The van der Waals surface area contributed by atoms with Crippen molar-refractivity contribution in [3.8, 4) is 5.75 Å². The SMILES string of the molecule is COc1ccc(C(=O)N[C@H](C(=O)O)C(C)C)c(F)c1. The third-order valence-corrected chi connectivity index (χ3v) is 2.64. The minimum absolute atomic E-state index is 0.215. The molecule has 0 aliphatic heterocycles. The largest absolute Gasteiger partial charge is 0.497 e. The summed E-state index contributed by atoms with van der Waals surface area (Å²) in [5.41, 5.74) is -0.215. The molecular weight excluding hydrogens is 253 g/mol. The molecule has 0 saturated heterocycles. The Balaban J connectivity index is 2.91. The van der Waals surface area contributed by atoms with E-state index < -0.39 is 23.7 Å². The first-order valence-electron chi connectivity index (χ1n) is 5.74. The fourth-order valence-corrected chi connectivity index (χ4v) is 1.54. The number of carbonyl (C=O) groups excluding carboxylic acids is 1. The topological polar surface area (TPSA) is 75.6 Å². The summed E-state index contributed by atoms with van der Waals surface area (Å²) < 4.78 is 18.5. The van der Waals surface area contributed by atoms with E-state index in [1.54, 1.807) is 13.8 Å². The van der Waals surface area contributed by atoms with E-state index in [4.69, 9.17) is 9.84 Å². The van der Waals surface area contributed by atoms with Gasteiger partial charge in [-0.2, -0.15) is 0 Å². The van der Waals surface area contributed by atoms with Crippen molar-refractivity contribution >= 4 is 11.9 Å². The summed E-state index contributed by atoms with van der Waals surface area (Å²) in [5.74, 6) is -2.70. The van der Waals surface area contributed by atoms with E-state index >= 15 is 0 Å². The van der Waals surface area contributed by atoms with Crippen molar-refractivity contribution < 1.29 is 23.8 Å². The molecule has 0 radical (unpaired) electrons. The third-order valence-electron chi connectivity index (χ3n) is 2.64. The number of nitrogens with one attached hydrogen (secondary N) is 1. The van der Waals surface area contributed by atoms with Gasteiger partial charge in [0.15, 0.2) is 0 Å². The average Bonchev–Trinajstić information content (AvgIpc) is 2.34. The van der Waals surface area contributed by atoms with Crippen molar-refractivity contribution in [2.45, 2.75) is 19.9 Å². The Kier molecular flexibility index (Phi) is 4.86. The van der Waals surface area contributed by atoms with Crippen LogP contribution in [-0.2, 0) is 4.79 Å². The lowest BCUT2D eigenvalue weighted by molar-refractivity contribution is -0.140. The maximum absolute atomic E-state index is 13.7. The van der Waals surface area contributed by atoms with Crippen LogP contribution in [0.3, 0.4) is 0 Å². The van der Waals surface area contributed by atoms with E-state index in [-0.39, 0.29) is 17.2 Å². The van der Waals surface area contributed by atoms with Crippen molar-refractivity contribution in [3.63, 3.8) is 0 Å². The first-order chi connectivity index (χ1) is 8.86. The number of hydrogen-bond donors (Lipinski definition) is 2. The molecule has 0 aromatic heterocycles. The first-order valence-corrected chi connectivity index (χ1v) is 5.74. The fourth-order valence-electron chi connectivity index (χ4n) is 1.54. The van der Waals surface area contributed by atoms with Crippen molar-refractivity contribution in [1.29, 1.82) is 0 Å². The fraction of sp³-hybridized carbons (Fsp3) is 0.385. The Hall–Kier alpha value is -2.11. The first kappa shape index (κ1) is 14.9. The molecule has 1 aromatic carbocycles. The molecule has 0 saturated carbocycles. The molecule has 6 heteroatoms. The number of aliphatic carboxylic acids is 1. The third kappa shape index (κ3) is 3.67. The molecule has 1 aromatic rings. The van der Waals surface area contributed by atoms with Gasteiger partial charge in [-0.3, -0.25) is 4.79 Å². The van der Waals surface area contributed by atoms with Crippen LogP contribution in [0.4, 0.5) is 4.39 Å². The van der Waals surface area contributed by atoms with Crippen molar-refractivity contribution in [2.75, 3.05) is 7.11 Å². The van der Waals surface area contributed by atoms with Crippen molar-refractivity contribution in [3.05, 3.63) is 29.6 Å². The number of carboxylic acid groups (broad SMARTS) is 1. The Bertz CT molecular complexity index is 488. The molecule has 0 bridgehead atoms. The van der Waals surface area contributed by atoms with E-state index in [1.807, 2.05) is 0 Å². The Labute approximate surface area is 110 Å². The van der Waals surface area contributed by atoms with Gasteiger partial charge in [0, 0.05) is 6.07 Å². The number of hydrogen-bond acceptors (Lipinski definition) is 3. The Morgan fingerprint density at radius 1 is 1.37 bits per heavy atom. The highest BCUT2D eigenvalue weighted by molar-refractivity contribution is 5.97. The van der Waals surface area contributed by atoms with E-state index in [2.05, 4.69) is 5.32 Å². The quantitative estimate of drug-likeness (QED) is 0.852. The molecule has 0 heterocycles. The summed E-state index contributed by atoms with van der Waals surface area (Å²) in [6.45, 7) is 3.31. The second kappa shape index (κ2) is 6.17. The predicted octanol–water partition coefficient (Wildman–Crippen LogP) is 1.67. The molecule has 5 nitrogen and oxygen atoms in total. The van der Waals surface area contributed by atoms with Crippen LogP contribution in [0, 0.1) is 11.7 Å². The molecule has 19 heavy (non-hydrogen) atoms. The lowest BCUT2D eigenvalue weighted by atomic mass is 10.0. The van der Waals surface area contributed by atoms with E-state index in [0.29, 0.717) is 0 Å². The molecular formula is C13H16FNO4. The molecule has 0 aliphatic carbocycles. The van der Waals surface area contributed by atoms with E-state index in [9.17, 15) is 14.0 Å². The molecule has 1 amide bonds. The van der Waals surface area contributed by atoms with Crippen LogP contribution in [0.2, 0.25) is 0 Å². The summed E-state index contributed by atoms with van der Waals surface area (Å²) in [4.78, 5) is 22.8. The zero-order chi connectivity index (χ0) is 14.6. The highest BCUT2D eigenvalue weighted by Gasteiger charge is 2.25. The Morgan fingerprint density at radius 3 is 2.42 bits per heavy atom. The summed E-state index contributed by atoms with van der Waals surface area (Å²) >= 11 is 0. The minimum atomic E-state index is -1.16. The molecule has 0 aliphatic rings. The van der Waals surface area contributed by atoms with Gasteiger partial charge in [0.1, 0.15) is 17.6 Å². The van der Waals surface area contributed by atoms with Gasteiger partial charge < -0.3 is 15.2 Å². The van der Waals surface area contributed by atoms with E-state index in [1.165, 1.54) is 19.2 Å². The van der Waals surface area contributed by atoms with Gasteiger partial charge in [-0.1, -0.05) is 13.8 Å². The summed E-state index contributed by atoms with van der Waals surface area (Å²) in [5, 5.41) is 11.3. The van der Waals surface area contributed by atoms with E-state index in [0.717, 1.165) is 6.07 Å². The van der Waals surface area contributed by atoms with Gasteiger partial charge in [0.05, 0.1) is 12.7 Å². The maximum atomic E-state index is 13.7. The number of carboxylic acids is 1. The number of ether oxygens (including phenoxy) is 1. The summed E-state index contributed by atoms with van der Waals surface area (Å²) in [6, 6.07) is 2.69. The monoisotopic (exact) mass is 269 g/mol. The number of methoxy groups -OCH3 is 1. The predicted molar refractivity (Wildman–Crippen MR) is 66.7 cm³/mol.